The van der Waals surface area contributed by atoms with Gasteiger partial charge in [-0.25, -0.2) is 0 Å². The molecule has 114 heavy (non-hydrogen) atoms. The number of fused-ring (bicyclic) bond motifs is 12. The van der Waals surface area contributed by atoms with Gasteiger partial charge < -0.3 is 27.5 Å². The van der Waals surface area contributed by atoms with Gasteiger partial charge in [-0.15, -0.1) is 0 Å². The Balaban J connectivity index is 0.000000146. The molecular formula is C108H70N2O4. The van der Waals surface area contributed by atoms with Crippen LogP contribution in [0.4, 0.5) is 34.1 Å². The molecule has 536 valence electrons. The maximum absolute atomic E-state index is 6.38. The molecule has 0 atom stereocenters. The summed E-state index contributed by atoms with van der Waals surface area (Å²) >= 11 is 0. The van der Waals surface area contributed by atoms with Crippen LogP contribution >= 0.6 is 0 Å². The number of nitrogens with zero attached hydrogens (tertiary/aromatic N) is 2. The molecule has 18 aromatic carbocycles. The Morgan fingerprint density at radius 3 is 0.518 bits per heavy atom. The van der Waals surface area contributed by atoms with Crippen LogP contribution in [0.25, 0.3) is 177 Å². The third kappa shape index (κ3) is 12.3. The Bertz CT molecular complexity index is 6910. The zero-order valence-electron chi connectivity index (χ0n) is 61.9. The summed E-state index contributed by atoms with van der Waals surface area (Å²) in [6.07, 6.45) is 0. The van der Waals surface area contributed by atoms with Gasteiger partial charge in [-0.2, -0.15) is 0 Å². The monoisotopic (exact) mass is 1460 g/mol. The first-order valence-electron chi connectivity index (χ1n) is 38.7. The molecule has 0 N–H and O–H groups in total. The highest BCUT2D eigenvalue weighted by Gasteiger charge is 2.21. The standard InChI is InChI=1S/C60H39NO2.C48H31NO2/c1-2-10-40(11-3-1)43-28-34-48(35-29-43)61(49-36-30-44(31-37-49)41-20-24-46(25-21-41)51-14-8-16-55-53-12-4-6-18-57(53)62-59(51)55)50-38-32-45(33-39-50)42-22-26-47(27-23-42)52-15-9-17-56-54-13-5-7-19-58(54)63-60(52)56;1-2-10-32(11-3-1)33-20-26-36(27-21-33)49(37-28-22-34(23-29-37)39-14-8-16-43-41-12-4-6-18-45(41)50-47(39)43)38-30-24-35(25-31-38)40-15-9-17-44-42-13-5-7-19-46(42)51-48(40)44/h1-39H;1-31H. The van der Waals surface area contributed by atoms with Crippen molar-refractivity contribution in [3.63, 3.8) is 0 Å². The van der Waals surface area contributed by atoms with Gasteiger partial charge in [0.2, 0.25) is 0 Å². The highest BCUT2D eigenvalue weighted by atomic mass is 16.3. The highest BCUT2D eigenvalue weighted by molar-refractivity contribution is 6.13. The van der Waals surface area contributed by atoms with Gasteiger partial charge in [-0.1, -0.05) is 328 Å². The molecule has 0 bridgehead atoms. The van der Waals surface area contributed by atoms with Crippen LogP contribution < -0.4 is 9.80 Å². The molecular weight excluding hydrogens is 1390 g/mol. The van der Waals surface area contributed by atoms with E-state index in [0.717, 1.165) is 189 Å². The minimum absolute atomic E-state index is 0.904. The predicted octanol–water partition coefficient (Wildman–Crippen LogP) is 31.2. The number of para-hydroxylation sites is 8. The third-order valence-electron chi connectivity index (χ3n) is 22.3. The molecule has 4 heterocycles. The van der Waals surface area contributed by atoms with E-state index in [1.807, 2.05) is 48.5 Å². The predicted molar refractivity (Wildman–Crippen MR) is 475 cm³/mol. The topological polar surface area (TPSA) is 59.0 Å². The summed E-state index contributed by atoms with van der Waals surface area (Å²) in [6, 6.07) is 150. The Labute approximate surface area is 658 Å². The summed E-state index contributed by atoms with van der Waals surface area (Å²) in [6.45, 7) is 0. The number of rotatable bonds is 14. The van der Waals surface area contributed by atoms with Crippen molar-refractivity contribution in [3.8, 4) is 89.0 Å². The first-order chi connectivity index (χ1) is 56.5. The van der Waals surface area contributed by atoms with Gasteiger partial charge >= 0.3 is 0 Å². The lowest BCUT2D eigenvalue weighted by Crippen LogP contribution is -2.09. The minimum atomic E-state index is 0.904. The first-order valence-corrected chi connectivity index (χ1v) is 38.7. The Kier molecular flexibility index (Phi) is 16.8. The quantitative estimate of drug-likeness (QED) is 0.108. The molecule has 22 rings (SSSR count). The molecule has 0 amide bonds. The number of anilines is 6. The van der Waals surface area contributed by atoms with Gasteiger partial charge in [-0.3, -0.25) is 0 Å². The average molecular weight is 1460 g/mol. The summed E-state index contributed by atoms with van der Waals surface area (Å²) in [5.41, 5.74) is 32.0. The van der Waals surface area contributed by atoms with Crippen molar-refractivity contribution in [3.05, 3.63) is 425 Å². The first kappa shape index (κ1) is 66.9. The molecule has 22 aromatic rings. The van der Waals surface area contributed by atoms with Crippen molar-refractivity contribution in [2.45, 2.75) is 0 Å². The summed E-state index contributed by atoms with van der Waals surface area (Å²) in [5.74, 6) is 0. The zero-order chi connectivity index (χ0) is 75.4. The highest BCUT2D eigenvalue weighted by Crippen LogP contribution is 2.45. The summed E-state index contributed by atoms with van der Waals surface area (Å²) in [7, 11) is 0. The zero-order valence-corrected chi connectivity index (χ0v) is 61.9. The van der Waals surface area contributed by atoms with E-state index >= 15 is 0 Å². The van der Waals surface area contributed by atoms with Gasteiger partial charge in [0.25, 0.3) is 0 Å². The summed E-state index contributed by atoms with van der Waals surface area (Å²) in [4.78, 5) is 4.64. The Morgan fingerprint density at radius 1 is 0.123 bits per heavy atom. The van der Waals surface area contributed by atoms with Crippen molar-refractivity contribution in [1.29, 1.82) is 0 Å². The smallest absolute Gasteiger partial charge is 0.143 e. The molecule has 0 saturated carbocycles. The number of furan rings is 4. The Morgan fingerprint density at radius 2 is 0.289 bits per heavy atom. The van der Waals surface area contributed by atoms with E-state index in [9.17, 15) is 0 Å². The molecule has 0 saturated heterocycles. The summed E-state index contributed by atoms with van der Waals surface area (Å²) in [5, 5.41) is 9.09. The molecule has 4 aromatic heterocycles. The van der Waals surface area contributed by atoms with Crippen molar-refractivity contribution in [2.24, 2.45) is 0 Å². The van der Waals surface area contributed by atoms with Gasteiger partial charge in [-0.05, 0) is 164 Å². The average Bonchev–Trinajstić information content (AvgIpc) is 1.64. The summed E-state index contributed by atoms with van der Waals surface area (Å²) < 4.78 is 25.5. The normalized spacial score (nSPS) is 11.5. The van der Waals surface area contributed by atoms with Crippen LogP contribution in [0.2, 0.25) is 0 Å². The molecule has 0 radical (unpaired) electrons. The van der Waals surface area contributed by atoms with E-state index in [2.05, 4.69) is 386 Å². The molecule has 0 fully saturated rings. The fourth-order valence-electron chi connectivity index (χ4n) is 16.5. The van der Waals surface area contributed by atoms with Crippen LogP contribution in [0.3, 0.4) is 0 Å². The van der Waals surface area contributed by atoms with Crippen molar-refractivity contribution in [1.82, 2.24) is 0 Å². The number of hydrogen-bond donors (Lipinski definition) is 0. The Hall–Kier alpha value is -15.2. The van der Waals surface area contributed by atoms with E-state index in [-0.39, 0.29) is 0 Å². The molecule has 6 nitrogen and oxygen atoms in total. The maximum Gasteiger partial charge on any atom is 0.143 e. The van der Waals surface area contributed by atoms with Crippen molar-refractivity contribution in [2.75, 3.05) is 9.80 Å². The largest absolute Gasteiger partial charge is 0.455 e. The van der Waals surface area contributed by atoms with Crippen LogP contribution in [-0.2, 0) is 0 Å². The van der Waals surface area contributed by atoms with E-state index in [1.54, 1.807) is 0 Å². The lowest BCUT2D eigenvalue weighted by molar-refractivity contribution is 0.669. The van der Waals surface area contributed by atoms with Crippen molar-refractivity contribution < 1.29 is 17.7 Å². The fraction of sp³-hybridized carbons (Fsp3) is 0. The second-order valence-corrected chi connectivity index (χ2v) is 29.0. The molecule has 0 aliphatic rings. The van der Waals surface area contributed by atoms with Crippen LogP contribution in [0, 0.1) is 0 Å². The lowest BCUT2D eigenvalue weighted by Gasteiger charge is -2.26. The lowest BCUT2D eigenvalue weighted by atomic mass is 9.98. The molecule has 0 spiro atoms. The SMILES string of the molecule is c1ccc(-c2ccc(N(c3ccc(-c4ccc(-c5cccc6c5oc5ccccc56)cc4)cc3)c3ccc(-c4ccc(-c5cccc6c5oc5ccccc56)cc4)cc3)cc2)cc1.c1ccc(-c2ccc(N(c3ccc(-c4cccc5c4oc4ccccc45)cc3)c3ccc(-c4cccc5c4oc4ccccc45)cc3)cc2)cc1. The molecule has 0 unspecified atom stereocenters. The van der Waals surface area contributed by atoms with Crippen molar-refractivity contribution >= 4 is 122 Å². The number of benzene rings is 18. The molecule has 6 heteroatoms. The van der Waals surface area contributed by atoms with Gasteiger partial charge in [0.15, 0.2) is 0 Å². The van der Waals surface area contributed by atoms with E-state index in [4.69, 9.17) is 17.7 Å². The maximum atomic E-state index is 6.38. The van der Waals surface area contributed by atoms with Gasteiger partial charge in [0.1, 0.15) is 44.7 Å². The molecule has 0 aliphatic heterocycles. The van der Waals surface area contributed by atoms with E-state index < -0.39 is 0 Å². The number of hydrogen-bond acceptors (Lipinski definition) is 6. The minimum Gasteiger partial charge on any atom is -0.455 e. The van der Waals surface area contributed by atoms with Crippen LogP contribution in [-0.4, -0.2) is 0 Å². The van der Waals surface area contributed by atoms with Crippen LogP contribution in [0.5, 0.6) is 0 Å². The second kappa shape index (κ2) is 28.6. The van der Waals surface area contributed by atoms with Crippen LogP contribution in [0.15, 0.2) is 442 Å². The van der Waals surface area contributed by atoms with Gasteiger partial charge in [0, 0.05) is 99.5 Å². The van der Waals surface area contributed by atoms with Crippen LogP contribution in [0.1, 0.15) is 0 Å². The van der Waals surface area contributed by atoms with E-state index in [0.29, 0.717) is 0 Å². The van der Waals surface area contributed by atoms with Gasteiger partial charge in [0.05, 0.1) is 0 Å². The van der Waals surface area contributed by atoms with E-state index in [1.165, 1.54) is 22.3 Å². The third-order valence-corrected chi connectivity index (χ3v) is 22.3. The fourth-order valence-corrected chi connectivity index (χ4v) is 16.5. The second-order valence-electron chi connectivity index (χ2n) is 29.0. The molecule has 0 aliphatic carbocycles.